The van der Waals surface area contributed by atoms with Crippen molar-refractivity contribution < 1.29 is 13.2 Å². The van der Waals surface area contributed by atoms with E-state index in [1.54, 1.807) is 36.0 Å². The molecule has 168 valence electrons. The van der Waals surface area contributed by atoms with Gasteiger partial charge in [0.05, 0.1) is 4.90 Å². The lowest BCUT2D eigenvalue weighted by atomic mass is 10.2. The maximum absolute atomic E-state index is 13.1. The van der Waals surface area contributed by atoms with Gasteiger partial charge >= 0.3 is 0 Å². The van der Waals surface area contributed by atoms with Gasteiger partial charge in [-0.3, -0.25) is 10.1 Å². The number of carbonyl (C=O) groups excluding carboxylic acids is 1. The van der Waals surface area contributed by atoms with Crippen LogP contribution in [0.5, 0.6) is 0 Å². The molecule has 0 spiro atoms. The van der Waals surface area contributed by atoms with Gasteiger partial charge in [-0.05, 0) is 44.4 Å². The summed E-state index contributed by atoms with van der Waals surface area (Å²) >= 11 is 2.84. The third-order valence-electron chi connectivity index (χ3n) is 5.25. The second-order valence-corrected chi connectivity index (χ2v) is 11.8. The van der Waals surface area contributed by atoms with Gasteiger partial charge in [-0.15, -0.1) is 10.2 Å². The van der Waals surface area contributed by atoms with Crippen molar-refractivity contribution >= 4 is 44.2 Å². The van der Waals surface area contributed by atoms with Crippen LogP contribution in [0.1, 0.15) is 29.5 Å². The van der Waals surface area contributed by atoms with Gasteiger partial charge in [-0.25, -0.2) is 8.42 Å². The molecule has 1 N–H and O–H groups in total. The minimum atomic E-state index is -3.74. The Balaban J connectivity index is 1.40. The summed E-state index contributed by atoms with van der Waals surface area (Å²) in [4.78, 5) is 13.1. The quantitative estimate of drug-likeness (QED) is 0.395. The van der Waals surface area contributed by atoms with E-state index in [4.69, 9.17) is 0 Å². The number of hydrogen-bond donors (Lipinski definition) is 1. The van der Waals surface area contributed by atoms with Crippen molar-refractivity contribution in [3.8, 4) is 0 Å². The largest absolute Gasteiger partial charge is 0.299 e. The predicted octanol–water partition coefficient (Wildman–Crippen LogP) is 4.24. The van der Waals surface area contributed by atoms with Crippen LogP contribution in [0.15, 0.2) is 57.8 Å². The van der Waals surface area contributed by atoms with Crippen LogP contribution >= 0.6 is 23.1 Å². The molecule has 0 bridgehead atoms. The van der Waals surface area contributed by atoms with Crippen molar-refractivity contribution in [2.75, 3.05) is 11.9 Å². The van der Waals surface area contributed by atoms with Crippen LogP contribution in [-0.2, 0) is 20.6 Å². The molecular formula is C22H24N4O3S3. The van der Waals surface area contributed by atoms with Crippen LogP contribution < -0.4 is 5.32 Å². The molecule has 1 fully saturated rings. The topological polar surface area (TPSA) is 92.3 Å². The van der Waals surface area contributed by atoms with Gasteiger partial charge in [0, 0.05) is 12.3 Å². The SMILES string of the molecule is Cc1ccc(CSc2nnc(NC(=O)C3CCCN3S(=O)(=O)c3ccc(C)cc3)s2)cc1. The molecule has 32 heavy (non-hydrogen) atoms. The normalized spacial score (nSPS) is 16.9. The smallest absolute Gasteiger partial charge is 0.244 e. The highest BCUT2D eigenvalue weighted by molar-refractivity contribution is 8.00. The van der Waals surface area contributed by atoms with E-state index >= 15 is 0 Å². The van der Waals surface area contributed by atoms with Crippen molar-refractivity contribution in [3.63, 3.8) is 0 Å². The standard InChI is InChI=1S/C22H24N4O3S3/c1-15-5-9-17(10-6-15)14-30-22-25-24-21(31-22)23-20(27)19-4-3-13-26(19)32(28,29)18-11-7-16(2)8-12-18/h5-12,19H,3-4,13-14H2,1-2H3,(H,23,24,27). The average Bonchev–Trinajstić information content (AvgIpc) is 3.44. The number of hydrogen-bond acceptors (Lipinski definition) is 7. The van der Waals surface area contributed by atoms with E-state index in [0.29, 0.717) is 24.5 Å². The fraction of sp³-hybridized carbons (Fsp3) is 0.318. The molecule has 0 radical (unpaired) electrons. The minimum absolute atomic E-state index is 0.202. The van der Waals surface area contributed by atoms with Crippen LogP contribution in [0.25, 0.3) is 0 Å². The first-order chi connectivity index (χ1) is 15.3. The zero-order valence-electron chi connectivity index (χ0n) is 17.8. The van der Waals surface area contributed by atoms with E-state index in [1.165, 1.54) is 26.8 Å². The Morgan fingerprint density at radius 3 is 2.44 bits per heavy atom. The Morgan fingerprint density at radius 1 is 1.09 bits per heavy atom. The maximum Gasteiger partial charge on any atom is 0.244 e. The molecule has 7 nitrogen and oxygen atoms in total. The Labute approximate surface area is 196 Å². The van der Waals surface area contributed by atoms with Gasteiger partial charge in [-0.2, -0.15) is 4.31 Å². The van der Waals surface area contributed by atoms with Crippen LogP contribution in [-0.4, -0.2) is 41.4 Å². The van der Waals surface area contributed by atoms with Crippen molar-refractivity contribution in [2.45, 2.75) is 47.7 Å². The Bertz CT molecular complexity index is 1190. The molecule has 0 saturated carbocycles. The molecule has 1 aromatic heterocycles. The average molecular weight is 489 g/mol. The lowest BCUT2D eigenvalue weighted by Gasteiger charge is -2.23. The number of benzene rings is 2. The second kappa shape index (κ2) is 9.70. The molecular weight excluding hydrogens is 464 g/mol. The fourth-order valence-electron chi connectivity index (χ4n) is 3.47. The molecule has 2 heterocycles. The molecule has 1 amide bonds. The van der Waals surface area contributed by atoms with Gasteiger partial charge in [0.2, 0.25) is 21.1 Å². The summed E-state index contributed by atoms with van der Waals surface area (Å²) in [5.74, 6) is 0.387. The first-order valence-corrected chi connectivity index (χ1v) is 13.5. The van der Waals surface area contributed by atoms with Gasteiger partial charge < -0.3 is 0 Å². The Morgan fingerprint density at radius 2 is 1.75 bits per heavy atom. The number of carbonyl (C=O) groups is 1. The first-order valence-electron chi connectivity index (χ1n) is 10.2. The molecule has 1 atom stereocenters. The van der Waals surface area contributed by atoms with E-state index < -0.39 is 16.1 Å². The number of aromatic nitrogens is 2. The summed E-state index contributed by atoms with van der Waals surface area (Å²) in [7, 11) is -3.74. The monoisotopic (exact) mass is 488 g/mol. The van der Waals surface area contributed by atoms with Crippen LogP contribution in [0, 0.1) is 13.8 Å². The highest BCUT2D eigenvalue weighted by Gasteiger charge is 2.39. The van der Waals surface area contributed by atoms with Crippen LogP contribution in [0.4, 0.5) is 5.13 Å². The number of nitrogens with zero attached hydrogens (tertiary/aromatic N) is 3. The van der Waals surface area contributed by atoms with Gasteiger partial charge in [-0.1, -0.05) is 70.6 Å². The zero-order chi connectivity index (χ0) is 22.7. The molecule has 1 aliphatic heterocycles. The Kier molecular flexibility index (Phi) is 6.94. The van der Waals surface area contributed by atoms with E-state index in [9.17, 15) is 13.2 Å². The molecule has 4 rings (SSSR count). The van der Waals surface area contributed by atoms with E-state index in [1.807, 2.05) is 13.8 Å². The highest BCUT2D eigenvalue weighted by Crippen LogP contribution is 2.30. The minimum Gasteiger partial charge on any atom is -0.299 e. The van der Waals surface area contributed by atoms with Gasteiger partial charge in [0.25, 0.3) is 0 Å². The van der Waals surface area contributed by atoms with E-state index in [2.05, 4.69) is 39.8 Å². The predicted molar refractivity (Wildman–Crippen MR) is 127 cm³/mol. The molecule has 3 aromatic rings. The van der Waals surface area contributed by atoms with E-state index in [-0.39, 0.29) is 10.8 Å². The lowest BCUT2D eigenvalue weighted by Crippen LogP contribution is -2.43. The number of rotatable bonds is 7. The first kappa shape index (κ1) is 22.9. The number of aryl methyl sites for hydroxylation is 2. The number of nitrogens with one attached hydrogen (secondary N) is 1. The maximum atomic E-state index is 13.1. The van der Waals surface area contributed by atoms with Gasteiger partial charge in [0.15, 0.2) is 4.34 Å². The summed E-state index contributed by atoms with van der Waals surface area (Å²) < 4.78 is 28.2. The van der Waals surface area contributed by atoms with Crippen molar-refractivity contribution in [3.05, 3.63) is 65.2 Å². The third-order valence-corrected chi connectivity index (χ3v) is 9.22. The molecule has 1 saturated heterocycles. The van der Waals surface area contributed by atoms with Crippen molar-refractivity contribution in [2.24, 2.45) is 0 Å². The summed E-state index contributed by atoms with van der Waals surface area (Å²) in [6.45, 7) is 4.27. The Hall–Kier alpha value is -2.27. The number of sulfonamides is 1. The van der Waals surface area contributed by atoms with E-state index in [0.717, 1.165) is 15.7 Å². The molecule has 10 heteroatoms. The molecule has 1 aliphatic rings. The van der Waals surface area contributed by atoms with Crippen molar-refractivity contribution in [1.82, 2.24) is 14.5 Å². The summed E-state index contributed by atoms with van der Waals surface area (Å²) in [6, 6.07) is 14.2. The summed E-state index contributed by atoms with van der Waals surface area (Å²) in [6.07, 6.45) is 1.11. The van der Waals surface area contributed by atoms with Crippen LogP contribution in [0.2, 0.25) is 0 Å². The third kappa shape index (κ3) is 5.20. The second-order valence-electron chi connectivity index (χ2n) is 7.72. The zero-order valence-corrected chi connectivity index (χ0v) is 20.3. The molecule has 1 unspecified atom stereocenters. The number of amides is 1. The molecule has 2 aromatic carbocycles. The highest BCUT2D eigenvalue weighted by atomic mass is 32.2. The molecule has 0 aliphatic carbocycles. The lowest BCUT2D eigenvalue weighted by molar-refractivity contribution is -0.119. The van der Waals surface area contributed by atoms with Crippen LogP contribution in [0.3, 0.4) is 0 Å². The summed E-state index contributed by atoms with van der Waals surface area (Å²) in [5, 5.41) is 11.3. The fourth-order valence-corrected chi connectivity index (χ4v) is 6.84. The number of anilines is 1. The van der Waals surface area contributed by atoms with Crippen molar-refractivity contribution in [1.29, 1.82) is 0 Å². The summed E-state index contributed by atoms with van der Waals surface area (Å²) in [5.41, 5.74) is 3.38. The van der Waals surface area contributed by atoms with Gasteiger partial charge in [0.1, 0.15) is 6.04 Å². The number of thioether (sulfide) groups is 1.